The minimum absolute atomic E-state index is 0.0415. The van der Waals surface area contributed by atoms with Gasteiger partial charge in [-0.3, -0.25) is 0 Å². The van der Waals surface area contributed by atoms with Gasteiger partial charge in [-0.05, 0) is 6.42 Å². The highest BCUT2D eigenvalue weighted by Gasteiger charge is 2.11. The highest BCUT2D eigenvalue weighted by Crippen LogP contribution is 2.09. The molecule has 3 nitrogen and oxygen atoms in total. The molecule has 14 heavy (non-hydrogen) atoms. The van der Waals surface area contributed by atoms with Crippen molar-refractivity contribution in [1.29, 1.82) is 0 Å². The molecule has 0 fully saturated rings. The first-order chi connectivity index (χ1) is 6.45. The number of carbonyl (C=O) groups excluding carboxylic acids is 1. The molecule has 0 aliphatic carbocycles. The SMILES string of the molecule is C#CCOC(=O)NCCC[Si](C)(C)C. The van der Waals surface area contributed by atoms with Crippen molar-refractivity contribution in [3.8, 4) is 12.3 Å². The van der Waals surface area contributed by atoms with Gasteiger partial charge in [0.15, 0.2) is 6.61 Å². The highest BCUT2D eigenvalue weighted by molar-refractivity contribution is 6.76. The Labute approximate surface area is 87.2 Å². The molecule has 0 rings (SSSR count). The van der Waals surface area contributed by atoms with Crippen LogP contribution in [-0.2, 0) is 4.74 Å². The van der Waals surface area contributed by atoms with Crippen LogP contribution in [0, 0.1) is 12.3 Å². The second-order valence-corrected chi connectivity index (χ2v) is 9.99. The van der Waals surface area contributed by atoms with E-state index in [0.717, 1.165) is 6.42 Å². The van der Waals surface area contributed by atoms with Crippen LogP contribution < -0.4 is 5.32 Å². The van der Waals surface area contributed by atoms with Gasteiger partial charge < -0.3 is 10.1 Å². The lowest BCUT2D eigenvalue weighted by molar-refractivity contribution is 0.160. The summed E-state index contributed by atoms with van der Waals surface area (Å²) in [5, 5.41) is 2.66. The Balaban J connectivity index is 3.37. The van der Waals surface area contributed by atoms with Gasteiger partial charge in [-0.2, -0.15) is 0 Å². The lowest BCUT2D eigenvalue weighted by Crippen LogP contribution is -2.27. The zero-order valence-electron chi connectivity index (χ0n) is 9.22. The van der Waals surface area contributed by atoms with Gasteiger partial charge in [-0.15, -0.1) is 6.42 Å². The molecular weight excluding hydrogens is 194 g/mol. The molecule has 0 aliphatic heterocycles. The van der Waals surface area contributed by atoms with Crippen molar-refractivity contribution < 1.29 is 9.53 Å². The maximum atomic E-state index is 10.9. The van der Waals surface area contributed by atoms with E-state index in [1.54, 1.807) is 0 Å². The molecule has 0 saturated heterocycles. The third-order valence-electron chi connectivity index (χ3n) is 1.66. The third kappa shape index (κ3) is 9.14. The Kier molecular flexibility index (Phi) is 6.05. The van der Waals surface area contributed by atoms with Gasteiger partial charge >= 0.3 is 6.09 Å². The Morgan fingerprint density at radius 1 is 1.50 bits per heavy atom. The Bertz CT molecular complexity index is 215. The first-order valence-electron chi connectivity index (χ1n) is 4.80. The zero-order chi connectivity index (χ0) is 11.0. The van der Waals surface area contributed by atoms with E-state index >= 15 is 0 Å². The van der Waals surface area contributed by atoms with Gasteiger partial charge in [-0.25, -0.2) is 4.79 Å². The van der Waals surface area contributed by atoms with Crippen LogP contribution in [0.1, 0.15) is 6.42 Å². The molecule has 80 valence electrons. The number of amides is 1. The highest BCUT2D eigenvalue weighted by atomic mass is 28.3. The minimum atomic E-state index is -0.979. The average molecular weight is 213 g/mol. The summed E-state index contributed by atoms with van der Waals surface area (Å²) in [6, 6.07) is 1.21. The van der Waals surface area contributed by atoms with Gasteiger partial charge in [0.05, 0.1) is 0 Å². The molecule has 0 aromatic carbocycles. The van der Waals surface area contributed by atoms with E-state index in [2.05, 4.69) is 35.6 Å². The second-order valence-electron chi connectivity index (χ2n) is 4.37. The largest absolute Gasteiger partial charge is 0.436 e. The number of hydrogen-bond acceptors (Lipinski definition) is 2. The Hall–Kier alpha value is -0.953. The van der Waals surface area contributed by atoms with E-state index in [9.17, 15) is 4.79 Å². The van der Waals surface area contributed by atoms with Crippen LogP contribution in [0.5, 0.6) is 0 Å². The van der Waals surface area contributed by atoms with E-state index in [1.165, 1.54) is 6.04 Å². The molecule has 0 spiro atoms. The lowest BCUT2D eigenvalue weighted by Gasteiger charge is -2.15. The molecule has 4 heteroatoms. The Morgan fingerprint density at radius 3 is 2.64 bits per heavy atom. The summed E-state index contributed by atoms with van der Waals surface area (Å²) in [6.07, 6.45) is 5.54. The number of rotatable bonds is 5. The molecule has 0 aromatic heterocycles. The quantitative estimate of drug-likeness (QED) is 0.431. The fourth-order valence-corrected chi connectivity index (χ4v) is 2.20. The summed E-state index contributed by atoms with van der Waals surface area (Å²) < 4.78 is 4.65. The predicted molar refractivity (Wildman–Crippen MR) is 61.0 cm³/mol. The van der Waals surface area contributed by atoms with E-state index in [-0.39, 0.29) is 6.61 Å². The van der Waals surface area contributed by atoms with E-state index in [1.807, 2.05) is 0 Å². The Morgan fingerprint density at radius 2 is 2.14 bits per heavy atom. The van der Waals surface area contributed by atoms with E-state index in [0.29, 0.717) is 6.54 Å². The van der Waals surface area contributed by atoms with E-state index in [4.69, 9.17) is 6.42 Å². The van der Waals surface area contributed by atoms with Crippen molar-refractivity contribution in [3.63, 3.8) is 0 Å². The molecular formula is C10H19NO2Si. The number of ether oxygens (including phenoxy) is 1. The van der Waals surface area contributed by atoms with Crippen molar-refractivity contribution >= 4 is 14.2 Å². The standard InChI is InChI=1S/C10H19NO2Si/c1-5-8-13-10(12)11-7-6-9-14(2,3)4/h1H,6-9H2,2-4H3,(H,11,12). The van der Waals surface area contributed by atoms with Gasteiger partial charge in [0.1, 0.15) is 0 Å². The van der Waals surface area contributed by atoms with Gasteiger partial charge in [0.25, 0.3) is 0 Å². The van der Waals surface area contributed by atoms with Gasteiger partial charge in [0.2, 0.25) is 0 Å². The maximum Gasteiger partial charge on any atom is 0.408 e. The van der Waals surface area contributed by atoms with Crippen LogP contribution in [-0.4, -0.2) is 27.3 Å². The molecule has 1 N–H and O–H groups in total. The van der Waals surface area contributed by atoms with Crippen molar-refractivity contribution in [2.24, 2.45) is 0 Å². The summed E-state index contributed by atoms with van der Waals surface area (Å²) >= 11 is 0. The average Bonchev–Trinajstić information content (AvgIpc) is 2.07. The first kappa shape index (κ1) is 13.0. The summed E-state index contributed by atoms with van der Waals surface area (Å²) in [6.45, 7) is 7.64. The number of carbonyl (C=O) groups is 1. The van der Waals surface area contributed by atoms with Crippen LogP contribution in [0.25, 0.3) is 0 Å². The number of terminal acetylenes is 1. The summed E-state index contributed by atoms with van der Waals surface area (Å²) in [7, 11) is -0.979. The molecule has 1 amide bonds. The van der Waals surface area contributed by atoms with E-state index < -0.39 is 14.2 Å². The lowest BCUT2D eigenvalue weighted by atomic mass is 10.5. The van der Waals surface area contributed by atoms with Crippen LogP contribution in [0.3, 0.4) is 0 Å². The van der Waals surface area contributed by atoms with Crippen LogP contribution in [0.4, 0.5) is 4.79 Å². The molecule has 0 radical (unpaired) electrons. The molecule has 0 aliphatic rings. The van der Waals surface area contributed by atoms with Crippen LogP contribution in [0.15, 0.2) is 0 Å². The molecule has 0 aromatic rings. The number of nitrogens with one attached hydrogen (secondary N) is 1. The smallest absolute Gasteiger partial charge is 0.408 e. The van der Waals surface area contributed by atoms with Crippen molar-refractivity contribution in [1.82, 2.24) is 5.32 Å². The zero-order valence-corrected chi connectivity index (χ0v) is 10.2. The van der Waals surface area contributed by atoms with Crippen molar-refractivity contribution in [3.05, 3.63) is 0 Å². The maximum absolute atomic E-state index is 10.9. The monoisotopic (exact) mass is 213 g/mol. The molecule has 0 saturated carbocycles. The van der Waals surface area contributed by atoms with Crippen molar-refractivity contribution in [2.45, 2.75) is 32.1 Å². The molecule has 0 heterocycles. The van der Waals surface area contributed by atoms with Gasteiger partial charge in [-0.1, -0.05) is 31.6 Å². The summed E-state index contributed by atoms with van der Waals surface area (Å²) in [4.78, 5) is 10.9. The van der Waals surface area contributed by atoms with Gasteiger partial charge in [0, 0.05) is 14.6 Å². The second kappa shape index (κ2) is 6.49. The van der Waals surface area contributed by atoms with Crippen LogP contribution >= 0.6 is 0 Å². The number of alkyl carbamates (subject to hydrolysis) is 1. The molecule has 0 atom stereocenters. The molecule has 0 bridgehead atoms. The molecule has 0 unspecified atom stereocenters. The fourth-order valence-electron chi connectivity index (χ4n) is 0.967. The minimum Gasteiger partial charge on any atom is -0.436 e. The third-order valence-corrected chi connectivity index (χ3v) is 3.51. The first-order valence-corrected chi connectivity index (χ1v) is 8.50. The number of hydrogen-bond donors (Lipinski definition) is 1. The summed E-state index contributed by atoms with van der Waals surface area (Å²) in [5.74, 6) is 2.24. The predicted octanol–water partition coefficient (Wildman–Crippen LogP) is 2.07. The topological polar surface area (TPSA) is 38.3 Å². The van der Waals surface area contributed by atoms with Crippen LogP contribution in [0.2, 0.25) is 25.7 Å². The fraction of sp³-hybridized carbons (Fsp3) is 0.700. The normalized spacial score (nSPS) is 10.4. The summed E-state index contributed by atoms with van der Waals surface area (Å²) in [5.41, 5.74) is 0. The van der Waals surface area contributed by atoms with Crippen molar-refractivity contribution in [2.75, 3.05) is 13.2 Å².